The van der Waals surface area contributed by atoms with Crippen molar-refractivity contribution < 1.29 is 9.47 Å². The molecule has 0 fully saturated rings. The molecule has 0 amide bonds. The normalized spacial score (nSPS) is 16.1. The molecule has 1 aliphatic heterocycles. The van der Waals surface area contributed by atoms with E-state index in [1.807, 2.05) is 12.1 Å². The van der Waals surface area contributed by atoms with Crippen LogP contribution in [-0.4, -0.2) is 19.8 Å². The largest absolute Gasteiger partial charge is 0.486 e. The first-order chi connectivity index (χ1) is 9.49. The predicted octanol–water partition coefficient (Wildman–Crippen LogP) is 4.20. The van der Waals surface area contributed by atoms with Crippen LogP contribution < -0.4 is 14.8 Å². The van der Waals surface area contributed by atoms with Gasteiger partial charge >= 0.3 is 0 Å². The second-order valence-corrected chi connectivity index (χ2v) is 6.26. The Hall–Kier alpha value is -0.930. The number of benzene rings is 1. The van der Waals surface area contributed by atoms with E-state index in [4.69, 9.17) is 21.1 Å². The lowest BCUT2D eigenvalue weighted by molar-refractivity contribution is 0.170. The summed E-state index contributed by atoms with van der Waals surface area (Å²) in [7, 11) is 0. The van der Waals surface area contributed by atoms with Gasteiger partial charge in [0.15, 0.2) is 11.5 Å². The molecule has 0 bridgehead atoms. The maximum Gasteiger partial charge on any atom is 0.162 e. The summed E-state index contributed by atoms with van der Waals surface area (Å²) < 4.78 is 11.3. The number of hydrogen-bond acceptors (Lipinski definition) is 3. The van der Waals surface area contributed by atoms with Gasteiger partial charge in [0.1, 0.15) is 13.2 Å². The smallest absolute Gasteiger partial charge is 0.162 e. The van der Waals surface area contributed by atoms with Gasteiger partial charge in [-0.2, -0.15) is 0 Å². The molecule has 2 rings (SSSR count). The zero-order valence-corrected chi connectivity index (χ0v) is 13.5. The van der Waals surface area contributed by atoms with E-state index in [1.54, 1.807) is 0 Å². The van der Waals surface area contributed by atoms with Gasteiger partial charge in [-0.15, -0.1) is 0 Å². The van der Waals surface area contributed by atoms with Crippen molar-refractivity contribution in [3.63, 3.8) is 0 Å². The second-order valence-electron chi connectivity index (χ2n) is 5.85. The molecule has 0 saturated heterocycles. The number of hydrogen-bond donors (Lipinski definition) is 1. The minimum atomic E-state index is 0.114. The van der Waals surface area contributed by atoms with Gasteiger partial charge < -0.3 is 14.8 Å². The van der Waals surface area contributed by atoms with Crippen molar-refractivity contribution in [3.05, 3.63) is 22.7 Å². The van der Waals surface area contributed by atoms with E-state index in [0.717, 1.165) is 35.1 Å². The number of ether oxygens (including phenoxy) is 2. The fourth-order valence-electron chi connectivity index (χ4n) is 2.52. The van der Waals surface area contributed by atoms with E-state index in [9.17, 15) is 0 Å². The van der Waals surface area contributed by atoms with Crippen LogP contribution in [0.5, 0.6) is 11.5 Å². The summed E-state index contributed by atoms with van der Waals surface area (Å²) >= 11 is 6.48. The summed E-state index contributed by atoms with van der Waals surface area (Å²) in [5.74, 6) is 1.54. The van der Waals surface area contributed by atoms with E-state index < -0.39 is 0 Å². The van der Waals surface area contributed by atoms with Gasteiger partial charge in [0.05, 0.1) is 0 Å². The number of halogens is 1. The molecule has 0 saturated carbocycles. The molecule has 1 aromatic carbocycles. The lowest BCUT2D eigenvalue weighted by Crippen LogP contribution is -2.34. The first kappa shape index (κ1) is 15.5. The third-order valence-corrected chi connectivity index (χ3v) is 4.40. The predicted molar refractivity (Wildman–Crippen MR) is 82.9 cm³/mol. The molecule has 1 aliphatic rings. The van der Waals surface area contributed by atoms with Crippen LogP contribution in [0.1, 0.15) is 45.7 Å². The van der Waals surface area contributed by atoms with Gasteiger partial charge in [-0.1, -0.05) is 39.3 Å². The van der Waals surface area contributed by atoms with Crippen LogP contribution in [0.25, 0.3) is 0 Å². The van der Waals surface area contributed by atoms with Crippen LogP contribution in [0, 0.1) is 5.41 Å². The minimum absolute atomic E-state index is 0.114. The van der Waals surface area contributed by atoms with Gasteiger partial charge in [-0.3, -0.25) is 0 Å². The number of fused-ring (bicyclic) bond motifs is 1. The monoisotopic (exact) mass is 297 g/mol. The van der Waals surface area contributed by atoms with Crippen LogP contribution in [-0.2, 0) is 0 Å². The average Bonchev–Trinajstić information content (AvgIpc) is 2.44. The quantitative estimate of drug-likeness (QED) is 0.883. The number of nitrogens with one attached hydrogen (secondary N) is 1. The van der Waals surface area contributed by atoms with E-state index in [-0.39, 0.29) is 11.5 Å². The fourth-order valence-corrected chi connectivity index (χ4v) is 2.78. The van der Waals surface area contributed by atoms with Crippen LogP contribution in [0.3, 0.4) is 0 Å². The average molecular weight is 298 g/mol. The molecule has 112 valence electrons. The highest BCUT2D eigenvalue weighted by Gasteiger charge is 2.31. The van der Waals surface area contributed by atoms with Crippen molar-refractivity contribution in [1.29, 1.82) is 0 Å². The Morgan fingerprint density at radius 3 is 2.35 bits per heavy atom. The summed E-state index contributed by atoms with van der Waals surface area (Å²) in [5, 5.41) is 4.29. The summed E-state index contributed by atoms with van der Waals surface area (Å²) in [6, 6.07) is 4.10. The third kappa shape index (κ3) is 3.04. The molecule has 4 heteroatoms. The van der Waals surface area contributed by atoms with Gasteiger partial charge in [0.25, 0.3) is 0 Å². The summed E-state index contributed by atoms with van der Waals surface area (Å²) in [4.78, 5) is 0. The molecule has 1 aromatic rings. The molecule has 0 aliphatic carbocycles. The highest BCUT2D eigenvalue weighted by molar-refractivity contribution is 6.31. The van der Waals surface area contributed by atoms with Gasteiger partial charge in [0, 0.05) is 17.1 Å². The Morgan fingerprint density at radius 1 is 1.20 bits per heavy atom. The standard InChI is InChI=1S/C16H24ClNO2/c1-5-16(3,4)15(18-6-2)11-9-13-14(10-12(11)17)20-8-7-19-13/h9-10,15,18H,5-8H2,1-4H3. The zero-order chi connectivity index (χ0) is 14.8. The first-order valence-corrected chi connectivity index (χ1v) is 7.69. The molecule has 3 nitrogen and oxygen atoms in total. The molecule has 1 unspecified atom stereocenters. The Balaban J connectivity index is 2.42. The molecule has 1 atom stereocenters. The lowest BCUT2D eigenvalue weighted by Gasteiger charge is -2.35. The molecule has 0 spiro atoms. The van der Waals surface area contributed by atoms with E-state index in [0.29, 0.717) is 13.2 Å². The summed E-state index contributed by atoms with van der Waals surface area (Å²) in [5.41, 5.74) is 1.20. The Morgan fingerprint density at radius 2 is 1.80 bits per heavy atom. The third-order valence-electron chi connectivity index (χ3n) is 4.07. The van der Waals surface area contributed by atoms with Crippen LogP contribution in [0.4, 0.5) is 0 Å². The van der Waals surface area contributed by atoms with Crippen LogP contribution in [0.15, 0.2) is 12.1 Å². The van der Waals surface area contributed by atoms with Crippen molar-refractivity contribution in [2.24, 2.45) is 5.41 Å². The first-order valence-electron chi connectivity index (χ1n) is 7.32. The zero-order valence-electron chi connectivity index (χ0n) is 12.8. The van der Waals surface area contributed by atoms with Crippen molar-refractivity contribution in [1.82, 2.24) is 5.32 Å². The molecular formula is C16H24ClNO2. The topological polar surface area (TPSA) is 30.5 Å². The van der Waals surface area contributed by atoms with Gasteiger partial charge in [-0.25, -0.2) is 0 Å². The molecule has 1 N–H and O–H groups in total. The molecule has 0 aromatic heterocycles. The van der Waals surface area contributed by atoms with E-state index in [1.165, 1.54) is 0 Å². The molecule has 20 heavy (non-hydrogen) atoms. The summed E-state index contributed by atoms with van der Waals surface area (Å²) in [6.07, 6.45) is 1.06. The fraction of sp³-hybridized carbons (Fsp3) is 0.625. The van der Waals surface area contributed by atoms with Crippen molar-refractivity contribution >= 4 is 11.6 Å². The van der Waals surface area contributed by atoms with Crippen LogP contribution in [0.2, 0.25) is 5.02 Å². The van der Waals surface area contributed by atoms with Gasteiger partial charge in [0.2, 0.25) is 0 Å². The Labute approximate surface area is 126 Å². The Bertz CT molecular complexity index is 474. The summed E-state index contributed by atoms with van der Waals surface area (Å²) in [6.45, 7) is 10.9. The van der Waals surface area contributed by atoms with E-state index in [2.05, 4.69) is 33.0 Å². The van der Waals surface area contributed by atoms with Crippen molar-refractivity contribution in [3.8, 4) is 11.5 Å². The molecule has 1 heterocycles. The number of rotatable bonds is 5. The maximum absolute atomic E-state index is 6.48. The highest BCUT2D eigenvalue weighted by Crippen LogP contribution is 2.43. The molecular weight excluding hydrogens is 274 g/mol. The highest BCUT2D eigenvalue weighted by atomic mass is 35.5. The van der Waals surface area contributed by atoms with Crippen molar-refractivity contribution in [2.45, 2.75) is 40.2 Å². The van der Waals surface area contributed by atoms with Gasteiger partial charge in [-0.05, 0) is 30.0 Å². The molecule has 0 radical (unpaired) electrons. The lowest BCUT2D eigenvalue weighted by atomic mass is 9.78. The van der Waals surface area contributed by atoms with Crippen molar-refractivity contribution in [2.75, 3.05) is 19.8 Å². The maximum atomic E-state index is 6.48. The minimum Gasteiger partial charge on any atom is -0.486 e. The second kappa shape index (κ2) is 6.23. The van der Waals surface area contributed by atoms with Crippen LogP contribution >= 0.6 is 11.6 Å². The SMILES string of the molecule is CCNC(c1cc2c(cc1Cl)OCCO2)C(C)(C)CC. The Kier molecular flexibility index (Phi) is 4.82. The van der Waals surface area contributed by atoms with E-state index >= 15 is 0 Å².